The second-order valence-electron chi connectivity index (χ2n) is 4.69. The third-order valence-corrected chi connectivity index (χ3v) is 2.42. The van der Waals surface area contributed by atoms with Gasteiger partial charge in [0.2, 0.25) is 0 Å². The van der Waals surface area contributed by atoms with Crippen LogP contribution in [-0.4, -0.2) is 31.6 Å². The fourth-order valence-electron chi connectivity index (χ4n) is 1.46. The zero-order valence-electron chi connectivity index (χ0n) is 11.7. The van der Waals surface area contributed by atoms with Gasteiger partial charge in [0.15, 0.2) is 5.79 Å². The Morgan fingerprint density at radius 2 is 1.88 bits per heavy atom. The first-order chi connectivity index (χ1) is 7.89. The molecule has 102 valence electrons. The van der Waals surface area contributed by atoms with E-state index in [1.54, 1.807) is 6.92 Å². The van der Waals surface area contributed by atoms with Crippen molar-refractivity contribution in [2.45, 2.75) is 53.2 Å². The van der Waals surface area contributed by atoms with E-state index in [2.05, 4.69) is 18.6 Å². The second kappa shape index (κ2) is 8.48. The molecule has 0 N–H and O–H groups in total. The van der Waals surface area contributed by atoms with Gasteiger partial charge in [0, 0.05) is 13.3 Å². The van der Waals surface area contributed by atoms with E-state index in [-0.39, 0.29) is 11.8 Å². The Morgan fingerprint density at radius 3 is 2.18 bits per heavy atom. The number of carbonyl (C=O) groups is 1. The average molecular weight is 246 g/mol. The van der Waals surface area contributed by atoms with Crippen molar-refractivity contribution in [1.82, 2.24) is 0 Å². The number of hydrogen-bond acceptors (Lipinski definition) is 4. The van der Waals surface area contributed by atoms with Crippen molar-refractivity contribution >= 4 is 5.97 Å². The minimum Gasteiger partial charge on any atom is -0.466 e. The molecule has 0 radical (unpaired) electrons. The van der Waals surface area contributed by atoms with Crippen molar-refractivity contribution in [2.24, 2.45) is 5.92 Å². The van der Waals surface area contributed by atoms with Crippen LogP contribution in [0.1, 0.15) is 47.5 Å². The first-order valence-electron chi connectivity index (χ1n) is 6.31. The van der Waals surface area contributed by atoms with Crippen LogP contribution in [0.2, 0.25) is 0 Å². The molecule has 1 heterocycles. The summed E-state index contributed by atoms with van der Waals surface area (Å²) >= 11 is 0. The third-order valence-electron chi connectivity index (χ3n) is 2.42. The molecular formula is C13H26O4. The fourth-order valence-corrected chi connectivity index (χ4v) is 1.46. The molecule has 0 aliphatic carbocycles. The highest BCUT2D eigenvalue weighted by molar-refractivity contribution is 5.65. The smallest absolute Gasteiger partial charge is 0.302 e. The molecule has 17 heavy (non-hydrogen) atoms. The Bertz CT molecular complexity index is 207. The van der Waals surface area contributed by atoms with Gasteiger partial charge in [0.1, 0.15) is 0 Å². The molecule has 0 spiro atoms. The molecular weight excluding hydrogens is 220 g/mol. The van der Waals surface area contributed by atoms with Crippen LogP contribution in [0.3, 0.4) is 0 Å². The molecule has 0 amide bonds. The quantitative estimate of drug-likeness (QED) is 0.715. The summed E-state index contributed by atoms with van der Waals surface area (Å²) in [5.74, 6) is 0.252. The lowest BCUT2D eigenvalue weighted by atomic mass is 10.0. The summed E-state index contributed by atoms with van der Waals surface area (Å²) < 4.78 is 15.3. The highest BCUT2D eigenvalue weighted by atomic mass is 16.7. The summed E-state index contributed by atoms with van der Waals surface area (Å²) in [6, 6.07) is 0. The Labute approximate surface area is 105 Å². The van der Waals surface area contributed by atoms with E-state index in [1.807, 2.05) is 6.92 Å². The van der Waals surface area contributed by atoms with Crippen molar-refractivity contribution in [1.29, 1.82) is 0 Å². The number of carbonyl (C=O) groups excluding carboxylic acids is 1. The van der Waals surface area contributed by atoms with Crippen LogP contribution in [0.5, 0.6) is 0 Å². The Balaban J connectivity index is 0.000000366. The van der Waals surface area contributed by atoms with Gasteiger partial charge in [-0.1, -0.05) is 13.8 Å². The van der Waals surface area contributed by atoms with Crippen LogP contribution in [0.25, 0.3) is 0 Å². The van der Waals surface area contributed by atoms with Crippen molar-refractivity contribution < 1.29 is 19.0 Å². The maximum Gasteiger partial charge on any atom is 0.302 e. The predicted octanol–water partition coefficient (Wildman–Crippen LogP) is 2.76. The lowest BCUT2D eigenvalue weighted by Gasteiger charge is -2.22. The van der Waals surface area contributed by atoms with Gasteiger partial charge in [-0.15, -0.1) is 0 Å². The molecule has 1 rings (SSSR count). The molecule has 1 saturated heterocycles. The Hall–Kier alpha value is -0.610. The average Bonchev–Trinajstić information content (AvgIpc) is 2.64. The molecule has 0 unspecified atom stereocenters. The van der Waals surface area contributed by atoms with Gasteiger partial charge in [0.25, 0.3) is 0 Å². The summed E-state index contributed by atoms with van der Waals surface area (Å²) in [5.41, 5.74) is 0. The molecule has 4 heteroatoms. The van der Waals surface area contributed by atoms with Crippen molar-refractivity contribution in [3.63, 3.8) is 0 Å². The number of rotatable bonds is 4. The van der Waals surface area contributed by atoms with E-state index >= 15 is 0 Å². The highest BCUT2D eigenvalue weighted by Gasteiger charge is 2.30. The highest BCUT2D eigenvalue weighted by Crippen LogP contribution is 2.25. The van der Waals surface area contributed by atoms with Gasteiger partial charge in [0.05, 0.1) is 19.8 Å². The summed E-state index contributed by atoms with van der Waals surface area (Å²) in [6.45, 7) is 11.6. The Kier molecular flexibility index (Phi) is 8.17. The van der Waals surface area contributed by atoms with Gasteiger partial charge >= 0.3 is 5.97 Å². The SMILES string of the molecule is CC(C)CCC1(C)OCCO1.CCOC(C)=O. The minimum atomic E-state index is -0.274. The third kappa shape index (κ3) is 9.12. The molecule has 1 aliphatic heterocycles. The van der Waals surface area contributed by atoms with Crippen LogP contribution in [0.4, 0.5) is 0 Å². The topological polar surface area (TPSA) is 44.8 Å². The van der Waals surface area contributed by atoms with Crippen LogP contribution in [-0.2, 0) is 19.0 Å². The van der Waals surface area contributed by atoms with E-state index in [4.69, 9.17) is 9.47 Å². The van der Waals surface area contributed by atoms with Crippen molar-refractivity contribution in [3.05, 3.63) is 0 Å². The second-order valence-corrected chi connectivity index (χ2v) is 4.69. The van der Waals surface area contributed by atoms with Gasteiger partial charge in [-0.05, 0) is 26.2 Å². The first-order valence-corrected chi connectivity index (χ1v) is 6.31. The molecule has 1 aliphatic rings. The van der Waals surface area contributed by atoms with E-state index in [0.29, 0.717) is 6.61 Å². The van der Waals surface area contributed by atoms with Gasteiger partial charge in [-0.2, -0.15) is 0 Å². The molecule has 0 aromatic heterocycles. The zero-order chi connectivity index (χ0) is 13.3. The fraction of sp³-hybridized carbons (Fsp3) is 0.923. The lowest BCUT2D eigenvalue weighted by Crippen LogP contribution is -2.25. The monoisotopic (exact) mass is 246 g/mol. The molecule has 0 aromatic carbocycles. The molecule has 0 saturated carbocycles. The maximum atomic E-state index is 9.82. The molecule has 0 bridgehead atoms. The van der Waals surface area contributed by atoms with E-state index in [1.165, 1.54) is 13.3 Å². The molecule has 4 nitrogen and oxygen atoms in total. The van der Waals surface area contributed by atoms with E-state index in [9.17, 15) is 4.79 Å². The van der Waals surface area contributed by atoms with Crippen LogP contribution < -0.4 is 0 Å². The summed E-state index contributed by atoms with van der Waals surface area (Å²) in [6.07, 6.45) is 2.20. The standard InChI is InChI=1S/C9H18O2.C4H8O2/c1-8(2)4-5-9(3)10-6-7-11-9;1-3-6-4(2)5/h8H,4-7H2,1-3H3;3H2,1-2H3. The summed E-state index contributed by atoms with van der Waals surface area (Å²) in [7, 11) is 0. The van der Waals surface area contributed by atoms with E-state index < -0.39 is 0 Å². The van der Waals surface area contributed by atoms with E-state index in [0.717, 1.165) is 25.6 Å². The summed E-state index contributed by atoms with van der Waals surface area (Å²) in [4.78, 5) is 9.82. The number of ether oxygens (including phenoxy) is 3. The summed E-state index contributed by atoms with van der Waals surface area (Å²) in [5, 5.41) is 0. The van der Waals surface area contributed by atoms with Crippen molar-refractivity contribution in [2.75, 3.05) is 19.8 Å². The van der Waals surface area contributed by atoms with Crippen LogP contribution in [0.15, 0.2) is 0 Å². The predicted molar refractivity (Wildman–Crippen MR) is 66.7 cm³/mol. The van der Waals surface area contributed by atoms with Crippen LogP contribution in [0, 0.1) is 5.92 Å². The number of hydrogen-bond donors (Lipinski definition) is 0. The van der Waals surface area contributed by atoms with Crippen molar-refractivity contribution in [3.8, 4) is 0 Å². The first kappa shape index (κ1) is 16.4. The maximum absolute atomic E-state index is 9.82. The van der Waals surface area contributed by atoms with Gasteiger partial charge in [-0.3, -0.25) is 4.79 Å². The number of esters is 1. The normalized spacial score (nSPS) is 17.5. The lowest BCUT2D eigenvalue weighted by molar-refractivity contribution is -0.148. The molecule has 1 fully saturated rings. The van der Waals surface area contributed by atoms with Gasteiger partial charge < -0.3 is 14.2 Å². The molecule has 0 atom stereocenters. The Morgan fingerprint density at radius 1 is 1.35 bits per heavy atom. The van der Waals surface area contributed by atoms with Crippen LogP contribution >= 0.6 is 0 Å². The van der Waals surface area contributed by atoms with Gasteiger partial charge in [-0.25, -0.2) is 0 Å². The minimum absolute atomic E-state index is 0.211. The molecule has 0 aromatic rings. The largest absolute Gasteiger partial charge is 0.466 e. The zero-order valence-corrected chi connectivity index (χ0v) is 11.7.